The van der Waals surface area contributed by atoms with Gasteiger partial charge in [-0.1, -0.05) is 13.8 Å². The number of hydrogen-bond donors (Lipinski definition) is 4. The van der Waals surface area contributed by atoms with Gasteiger partial charge in [0.15, 0.2) is 5.96 Å². The number of nitrogens with one attached hydrogen (secondary N) is 1. The summed E-state index contributed by atoms with van der Waals surface area (Å²) >= 11 is 0. The number of ether oxygens (including phenoxy) is 1. The number of carbonyl (C=O) groups excluding carboxylic acids is 2. The van der Waals surface area contributed by atoms with Crippen LogP contribution in [0.3, 0.4) is 0 Å². The Balaban J connectivity index is 4.56. The van der Waals surface area contributed by atoms with E-state index in [0.717, 1.165) is 0 Å². The number of carbonyl (C=O) groups is 2. The molecule has 122 valence electrons. The highest BCUT2D eigenvalue weighted by Crippen LogP contribution is 2.04. The minimum absolute atomic E-state index is 0.00597. The van der Waals surface area contributed by atoms with Crippen molar-refractivity contribution in [3.63, 3.8) is 0 Å². The lowest BCUT2D eigenvalue weighted by Gasteiger charge is -2.21. The third kappa shape index (κ3) is 8.13. The summed E-state index contributed by atoms with van der Waals surface area (Å²) in [4.78, 5) is 27.6. The zero-order valence-electron chi connectivity index (χ0n) is 13.0. The molecule has 0 fully saturated rings. The first kappa shape index (κ1) is 19.2. The smallest absolute Gasteiger partial charge is 0.328 e. The fraction of sp³-hybridized carbons (Fsp3) is 0.769. The molecule has 7 N–H and O–H groups in total. The molecule has 0 aromatic carbocycles. The molecule has 0 rings (SSSR count). The molecule has 0 heterocycles. The molecular weight excluding hydrogens is 274 g/mol. The summed E-state index contributed by atoms with van der Waals surface area (Å²) in [6.07, 6.45) is 0.921. The van der Waals surface area contributed by atoms with Crippen LogP contribution in [-0.2, 0) is 14.3 Å². The molecule has 0 spiro atoms. The summed E-state index contributed by atoms with van der Waals surface area (Å²) in [5.74, 6) is -0.876. The van der Waals surface area contributed by atoms with Crippen LogP contribution in [0.4, 0.5) is 0 Å². The quantitative estimate of drug-likeness (QED) is 0.187. The van der Waals surface area contributed by atoms with Crippen molar-refractivity contribution in [3.8, 4) is 0 Å². The van der Waals surface area contributed by atoms with Gasteiger partial charge in [-0.15, -0.1) is 0 Å². The molecule has 1 amide bonds. The second kappa shape index (κ2) is 9.98. The maximum atomic E-state index is 11.9. The highest BCUT2D eigenvalue weighted by molar-refractivity contribution is 5.87. The Morgan fingerprint density at radius 3 is 2.38 bits per heavy atom. The van der Waals surface area contributed by atoms with E-state index in [2.05, 4.69) is 10.3 Å². The van der Waals surface area contributed by atoms with Gasteiger partial charge in [0.05, 0.1) is 12.6 Å². The van der Waals surface area contributed by atoms with Crippen LogP contribution in [0.25, 0.3) is 0 Å². The SMILES string of the molecule is CCOC(=O)[C@H](CCCN=C(N)N)NC(=O)[C@@H](N)C(C)C. The van der Waals surface area contributed by atoms with Crippen molar-refractivity contribution >= 4 is 17.8 Å². The van der Waals surface area contributed by atoms with Crippen LogP contribution in [0.1, 0.15) is 33.6 Å². The second-order valence-corrected chi connectivity index (χ2v) is 5.03. The lowest BCUT2D eigenvalue weighted by molar-refractivity contribution is -0.147. The molecule has 0 aliphatic rings. The van der Waals surface area contributed by atoms with Gasteiger partial charge in [-0.2, -0.15) is 0 Å². The number of nitrogens with zero attached hydrogens (tertiary/aromatic N) is 1. The highest BCUT2D eigenvalue weighted by atomic mass is 16.5. The summed E-state index contributed by atoms with van der Waals surface area (Å²) in [7, 11) is 0. The standard InChI is InChI=1S/C13H27N5O3/c1-4-21-12(20)9(6-5-7-17-13(15)16)18-11(19)10(14)8(2)3/h8-10H,4-7,14H2,1-3H3,(H,18,19)(H4,15,16,17)/t9-,10-/m0/s1. The van der Waals surface area contributed by atoms with Crippen LogP contribution in [0.2, 0.25) is 0 Å². The zero-order chi connectivity index (χ0) is 16.4. The summed E-state index contributed by atoms with van der Waals surface area (Å²) in [6.45, 7) is 6.00. The monoisotopic (exact) mass is 301 g/mol. The first-order valence-corrected chi connectivity index (χ1v) is 7.07. The van der Waals surface area contributed by atoms with E-state index >= 15 is 0 Å². The summed E-state index contributed by atoms with van der Waals surface area (Å²) in [5, 5.41) is 2.62. The Bertz CT molecular complexity index is 367. The van der Waals surface area contributed by atoms with Crippen LogP contribution >= 0.6 is 0 Å². The molecule has 0 saturated carbocycles. The Kier molecular flexibility index (Phi) is 9.11. The molecule has 0 aliphatic carbocycles. The normalized spacial score (nSPS) is 13.4. The van der Waals surface area contributed by atoms with E-state index < -0.39 is 18.1 Å². The molecular formula is C13H27N5O3. The van der Waals surface area contributed by atoms with Gasteiger partial charge in [0.1, 0.15) is 6.04 Å². The first-order chi connectivity index (χ1) is 9.79. The van der Waals surface area contributed by atoms with Crippen molar-refractivity contribution in [3.05, 3.63) is 0 Å². The van der Waals surface area contributed by atoms with Crippen molar-refractivity contribution in [2.24, 2.45) is 28.1 Å². The van der Waals surface area contributed by atoms with Crippen molar-refractivity contribution in [2.45, 2.75) is 45.7 Å². The number of aliphatic imine (C=N–C) groups is 1. The van der Waals surface area contributed by atoms with Gasteiger partial charge in [0.2, 0.25) is 5.91 Å². The molecule has 0 radical (unpaired) electrons. The molecule has 21 heavy (non-hydrogen) atoms. The van der Waals surface area contributed by atoms with Gasteiger partial charge < -0.3 is 27.3 Å². The summed E-state index contributed by atoms with van der Waals surface area (Å²) < 4.78 is 4.94. The van der Waals surface area contributed by atoms with Gasteiger partial charge in [-0.05, 0) is 25.7 Å². The third-order valence-electron chi connectivity index (χ3n) is 2.85. The van der Waals surface area contributed by atoms with E-state index in [1.165, 1.54) is 0 Å². The van der Waals surface area contributed by atoms with Crippen LogP contribution in [0.15, 0.2) is 4.99 Å². The molecule has 0 bridgehead atoms. The van der Waals surface area contributed by atoms with E-state index in [-0.39, 0.29) is 24.4 Å². The van der Waals surface area contributed by atoms with E-state index in [1.54, 1.807) is 6.92 Å². The highest BCUT2D eigenvalue weighted by Gasteiger charge is 2.25. The van der Waals surface area contributed by atoms with Gasteiger partial charge >= 0.3 is 5.97 Å². The van der Waals surface area contributed by atoms with Crippen LogP contribution < -0.4 is 22.5 Å². The minimum atomic E-state index is -0.739. The third-order valence-corrected chi connectivity index (χ3v) is 2.85. The Morgan fingerprint density at radius 2 is 1.90 bits per heavy atom. The van der Waals surface area contributed by atoms with Gasteiger partial charge in [0.25, 0.3) is 0 Å². The lowest BCUT2D eigenvalue weighted by Crippen LogP contribution is -2.50. The maximum Gasteiger partial charge on any atom is 0.328 e. The van der Waals surface area contributed by atoms with E-state index in [4.69, 9.17) is 21.9 Å². The number of amides is 1. The lowest BCUT2D eigenvalue weighted by atomic mass is 10.0. The van der Waals surface area contributed by atoms with E-state index in [9.17, 15) is 9.59 Å². The summed E-state index contributed by atoms with van der Waals surface area (Å²) in [5.41, 5.74) is 16.2. The van der Waals surface area contributed by atoms with Gasteiger partial charge in [-0.25, -0.2) is 4.79 Å². The van der Waals surface area contributed by atoms with E-state index in [1.807, 2.05) is 13.8 Å². The Hall–Kier alpha value is -1.83. The topological polar surface area (TPSA) is 146 Å². The fourth-order valence-corrected chi connectivity index (χ4v) is 1.57. The Morgan fingerprint density at radius 1 is 1.29 bits per heavy atom. The van der Waals surface area contributed by atoms with Crippen LogP contribution in [0.5, 0.6) is 0 Å². The van der Waals surface area contributed by atoms with Crippen LogP contribution in [0, 0.1) is 5.92 Å². The average molecular weight is 301 g/mol. The number of guanidine groups is 1. The molecule has 2 atom stereocenters. The van der Waals surface area contributed by atoms with Gasteiger partial charge in [0, 0.05) is 6.54 Å². The predicted molar refractivity (Wildman–Crippen MR) is 81.3 cm³/mol. The zero-order valence-corrected chi connectivity index (χ0v) is 13.0. The predicted octanol–water partition coefficient (Wildman–Crippen LogP) is -0.929. The molecule has 8 nitrogen and oxygen atoms in total. The largest absolute Gasteiger partial charge is 0.464 e. The Labute approximate surface area is 125 Å². The first-order valence-electron chi connectivity index (χ1n) is 7.07. The van der Waals surface area contributed by atoms with Crippen molar-refractivity contribution < 1.29 is 14.3 Å². The van der Waals surface area contributed by atoms with E-state index in [0.29, 0.717) is 19.4 Å². The van der Waals surface area contributed by atoms with Crippen molar-refractivity contribution in [1.82, 2.24) is 5.32 Å². The minimum Gasteiger partial charge on any atom is -0.464 e. The molecule has 0 aromatic rings. The van der Waals surface area contributed by atoms with Gasteiger partial charge in [-0.3, -0.25) is 9.79 Å². The second-order valence-electron chi connectivity index (χ2n) is 5.03. The average Bonchev–Trinajstić information content (AvgIpc) is 2.40. The summed E-state index contributed by atoms with van der Waals surface area (Å²) in [6, 6.07) is -1.41. The number of rotatable bonds is 9. The number of hydrogen-bond acceptors (Lipinski definition) is 5. The van der Waals surface area contributed by atoms with Crippen molar-refractivity contribution in [2.75, 3.05) is 13.2 Å². The molecule has 0 aliphatic heterocycles. The molecule has 8 heteroatoms. The number of esters is 1. The fourth-order valence-electron chi connectivity index (χ4n) is 1.57. The molecule has 0 unspecified atom stereocenters. The maximum absolute atomic E-state index is 11.9. The van der Waals surface area contributed by atoms with Crippen molar-refractivity contribution in [1.29, 1.82) is 0 Å². The number of nitrogens with two attached hydrogens (primary N) is 3. The molecule has 0 saturated heterocycles. The van der Waals surface area contributed by atoms with Crippen LogP contribution in [-0.4, -0.2) is 43.1 Å². The molecule has 0 aromatic heterocycles.